The summed E-state index contributed by atoms with van der Waals surface area (Å²) in [5.41, 5.74) is 3.18. The molecule has 0 fully saturated rings. The smallest absolute Gasteiger partial charge is 0.281 e. The third-order valence-corrected chi connectivity index (χ3v) is 8.67. The Bertz CT molecular complexity index is 1530. The van der Waals surface area contributed by atoms with Gasteiger partial charge in [-0.05, 0) is 54.3 Å². The van der Waals surface area contributed by atoms with E-state index in [9.17, 15) is 21.2 Å². The lowest BCUT2D eigenvalue weighted by Crippen LogP contribution is -2.42. The van der Waals surface area contributed by atoms with Gasteiger partial charge >= 0.3 is 0 Å². The topological polar surface area (TPSA) is 151 Å². The van der Waals surface area contributed by atoms with E-state index in [4.69, 9.17) is 5.14 Å². The first-order valence-electron chi connectivity index (χ1n) is 10.8. The summed E-state index contributed by atoms with van der Waals surface area (Å²) in [4.78, 5) is 8.03. The van der Waals surface area contributed by atoms with E-state index in [-0.39, 0.29) is 23.2 Å². The van der Waals surface area contributed by atoms with Crippen LogP contribution in [0.15, 0.2) is 47.5 Å². The standard InChI is InChI=1S/C22H26FN7O4S2/c1-14-4-6-18(11-20(14)35(24,31)32)27-22-25-12-19(23)21(28-22)26-17-7-5-15-8-9-30(13-16(15)10-17)36(33,34)29(2)3/h4-7,10-12H,8-9,13H2,1-3H3,(H2,24,31,32)(H2,25,26,27,28). The van der Waals surface area contributed by atoms with E-state index in [1.807, 2.05) is 6.07 Å². The Balaban J connectivity index is 1.56. The maximum Gasteiger partial charge on any atom is 0.281 e. The number of hydrogen-bond donors (Lipinski definition) is 3. The summed E-state index contributed by atoms with van der Waals surface area (Å²) in [6, 6.07) is 9.96. The first kappa shape index (κ1) is 25.9. The van der Waals surface area contributed by atoms with Gasteiger partial charge in [-0.1, -0.05) is 12.1 Å². The molecule has 0 spiro atoms. The number of nitrogens with two attached hydrogens (primary N) is 1. The zero-order chi connectivity index (χ0) is 26.3. The highest BCUT2D eigenvalue weighted by molar-refractivity contribution is 7.89. The largest absolute Gasteiger partial charge is 0.338 e. The van der Waals surface area contributed by atoms with Crippen LogP contribution in [-0.4, -0.2) is 56.1 Å². The SMILES string of the molecule is Cc1ccc(Nc2ncc(F)c(Nc3ccc4c(c3)CN(S(=O)(=O)N(C)C)CC4)n2)cc1S(N)(=O)=O. The molecule has 2 aromatic carbocycles. The quantitative estimate of drug-likeness (QED) is 0.417. The van der Waals surface area contributed by atoms with Crippen molar-refractivity contribution in [2.24, 2.45) is 5.14 Å². The molecule has 0 saturated heterocycles. The predicted octanol–water partition coefficient (Wildman–Crippen LogP) is 2.22. The van der Waals surface area contributed by atoms with Crippen molar-refractivity contribution in [3.8, 4) is 0 Å². The fourth-order valence-electron chi connectivity index (χ4n) is 3.80. The van der Waals surface area contributed by atoms with Crippen LogP contribution in [0.4, 0.5) is 27.5 Å². The highest BCUT2D eigenvalue weighted by Gasteiger charge is 2.28. The number of nitrogens with zero attached hydrogens (tertiary/aromatic N) is 4. The number of halogens is 1. The average molecular weight is 536 g/mol. The highest BCUT2D eigenvalue weighted by atomic mass is 32.2. The second-order valence-electron chi connectivity index (χ2n) is 8.52. The van der Waals surface area contributed by atoms with Crippen LogP contribution in [0.25, 0.3) is 0 Å². The van der Waals surface area contributed by atoms with Gasteiger partial charge in [0.2, 0.25) is 16.0 Å². The lowest BCUT2D eigenvalue weighted by Gasteiger charge is -2.30. The molecule has 14 heteroatoms. The molecule has 4 N–H and O–H groups in total. The molecule has 11 nitrogen and oxygen atoms in total. The van der Waals surface area contributed by atoms with Crippen molar-refractivity contribution >= 4 is 43.4 Å². The second kappa shape index (κ2) is 9.71. The number of aryl methyl sites for hydroxylation is 1. The molecule has 1 aliphatic rings. The van der Waals surface area contributed by atoms with Crippen LogP contribution >= 0.6 is 0 Å². The van der Waals surface area contributed by atoms with Gasteiger partial charge in [0.15, 0.2) is 11.6 Å². The van der Waals surface area contributed by atoms with Crippen molar-refractivity contribution in [2.75, 3.05) is 31.3 Å². The van der Waals surface area contributed by atoms with Gasteiger partial charge in [-0.15, -0.1) is 0 Å². The molecule has 4 rings (SSSR count). The Hall–Kier alpha value is -3.17. The van der Waals surface area contributed by atoms with Crippen molar-refractivity contribution in [1.29, 1.82) is 0 Å². The molecule has 0 atom stereocenters. The summed E-state index contributed by atoms with van der Waals surface area (Å²) in [6.45, 7) is 2.19. The Labute approximate surface area is 209 Å². The Morgan fingerprint density at radius 1 is 1.03 bits per heavy atom. The van der Waals surface area contributed by atoms with Crippen LogP contribution in [0.1, 0.15) is 16.7 Å². The number of rotatable bonds is 7. The first-order valence-corrected chi connectivity index (χ1v) is 13.8. The van der Waals surface area contributed by atoms with Crippen molar-refractivity contribution in [1.82, 2.24) is 18.6 Å². The molecule has 0 saturated carbocycles. The number of benzene rings is 2. The van der Waals surface area contributed by atoms with Gasteiger partial charge in [0.25, 0.3) is 10.2 Å². The van der Waals surface area contributed by atoms with E-state index in [0.29, 0.717) is 29.9 Å². The third-order valence-electron chi connectivity index (χ3n) is 5.73. The summed E-state index contributed by atoms with van der Waals surface area (Å²) in [5, 5.41) is 11.0. The van der Waals surface area contributed by atoms with Crippen LogP contribution in [0.3, 0.4) is 0 Å². The second-order valence-corrected chi connectivity index (χ2v) is 12.2. The number of primary sulfonamides is 1. The van der Waals surface area contributed by atoms with E-state index in [0.717, 1.165) is 17.3 Å². The van der Waals surface area contributed by atoms with Crippen LogP contribution in [0, 0.1) is 12.7 Å². The third kappa shape index (κ3) is 5.47. The van der Waals surface area contributed by atoms with Crippen LogP contribution in [0.2, 0.25) is 0 Å². The highest BCUT2D eigenvalue weighted by Crippen LogP contribution is 2.28. The van der Waals surface area contributed by atoms with Gasteiger partial charge in [0, 0.05) is 38.6 Å². The van der Waals surface area contributed by atoms with E-state index in [1.54, 1.807) is 31.2 Å². The molecular formula is C22H26FN7O4S2. The van der Waals surface area contributed by atoms with Gasteiger partial charge < -0.3 is 10.6 Å². The first-order chi connectivity index (χ1) is 16.8. The summed E-state index contributed by atoms with van der Waals surface area (Å²) in [6.07, 6.45) is 1.55. The van der Waals surface area contributed by atoms with E-state index in [1.165, 1.54) is 28.8 Å². The molecule has 1 aromatic heterocycles. The van der Waals surface area contributed by atoms with Crippen LogP contribution in [0.5, 0.6) is 0 Å². The van der Waals surface area contributed by atoms with Crippen molar-refractivity contribution in [3.05, 3.63) is 65.1 Å². The van der Waals surface area contributed by atoms with Gasteiger partial charge in [0.1, 0.15) is 0 Å². The minimum atomic E-state index is -3.93. The number of hydrogen-bond acceptors (Lipinski definition) is 8. The average Bonchev–Trinajstić information content (AvgIpc) is 2.81. The van der Waals surface area contributed by atoms with Crippen molar-refractivity contribution in [2.45, 2.75) is 24.8 Å². The number of fused-ring (bicyclic) bond motifs is 1. The fourth-order valence-corrected chi connectivity index (χ4v) is 5.70. The molecule has 0 radical (unpaired) electrons. The Morgan fingerprint density at radius 2 is 1.72 bits per heavy atom. The summed E-state index contributed by atoms with van der Waals surface area (Å²) < 4.78 is 65.7. The maximum absolute atomic E-state index is 14.5. The van der Waals surface area contributed by atoms with E-state index >= 15 is 0 Å². The minimum Gasteiger partial charge on any atom is -0.338 e. The molecule has 0 bridgehead atoms. The van der Waals surface area contributed by atoms with Crippen LogP contribution in [-0.2, 0) is 33.2 Å². The normalized spacial score (nSPS) is 14.5. The molecule has 0 aliphatic carbocycles. The zero-order valence-electron chi connectivity index (χ0n) is 19.9. The predicted molar refractivity (Wildman–Crippen MR) is 134 cm³/mol. The maximum atomic E-state index is 14.5. The molecular weight excluding hydrogens is 509 g/mol. The van der Waals surface area contributed by atoms with Gasteiger partial charge in [0.05, 0.1) is 11.1 Å². The molecule has 36 heavy (non-hydrogen) atoms. The minimum absolute atomic E-state index is 0.0318. The summed E-state index contributed by atoms with van der Waals surface area (Å²) >= 11 is 0. The van der Waals surface area contributed by atoms with Crippen molar-refractivity contribution in [3.63, 3.8) is 0 Å². The molecule has 3 aromatic rings. The lowest BCUT2D eigenvalue weighted by atomic mass is 10.0. The van der Waals surface area contributed by atoms with E-state index < -0.39 is 26.0 Å². The number of aromatic nitrogens is 2. The van der Waals surface area contributed by atoms with Gasteiger partial charge in [-0.25, -0.2) is 22.9 Å². The molecule has 0 amide bonds. The number of anilines is 4. The zero-order valence-corrected chi connectivity index (χ0v) is 21.5. The number of sulfonamides is 1. The summed E-state index contributed by atoms with van der Waals surface area (Å²) in [5.74, 6) is -0.784. The van der Waals surface area contributed by atoms with Crippen LogP contribution < -0.4 is 15.8 Å². The van der Waals surface area contributed by atoms with Crippen molar-refractivity contribution < 1.29 is 21.2 Å². The molecule has 1 aliphatic heterocycles. The molecule has 2 heterocycles. The van der Waals surface area contributed by atoms with Gasteiger partial charge in [-0.3, -0.25) is 0 Å². The molecule has 192 valence electrons. The monoisotopic (exact) mass is 535 g/mol. The number of nitrogens with one attached hydrogen (secondary N) is 2. The molecule has 0 unspecified atom stereocenters. The fraction of sp³-hybridized carbons (Fsp3) is 0.273. The summed E-state index contributed by atoms with van der Waals surface area (Å²) in [7, 11) is -4.52. The van der Waals surface area contributed by atoms with Gasteiger partial charge in [-0.2, -0.15) is 22.0 Å². The lowest BCUT2D eigenvalue weighted by molar-refractivity contribution is 0.358. The Morgan fingerprint density at radius 3 is 2.42 bits per heavy atom. The van der Waals surface area contributed by atoms with E-state index in [2.05, 4.69) is 20.6 Å². The Kier molecular flexibility index (Phi) is 6.99.